The zero-order chi connectivity index (χ0) is 15.6. The number of benzene rings is 2. The molecule has 0 radical (unpaired) electrons. The van der Waals surface area contributed by atoms with E-state index in [1.807, 2.05) is 36.4 Å². The van der Waals surface area contributed by atoms with Gasteiger partial charge in [0, 0.05) is 0 Å². The highest BCUT2D eigenvalue weighted by Gasteiger charge is 2.38. The van der Waals surface area contributed by atoms with Crippen LogP contribution < -0.4 is 21.2 Å². The second-order valence-electron chi connectivity index (χ2n) is 5.21. The van der Waals surface area contributed by atoms with Gasteiger partial charge in [0.05, 0.1) is 0 Å². The summed E-state index contributed by atoms with van der Waals surface area (Å²) in [5.41, 5.74) is -0.217. The average molecular weight is 325 g/mol. The lowest BCUT2D eigenvalue weighted by atomic mass is 10.4. The Labute approximate surface area is 133 Å². The molecule has 0 amide bonds. The standard InChI is InChI=1S/C16H15N3OSSi/c1-22(12-8-4-2-5-9-12,13-10-6-3-7-11-13)15-14(20)17-16(21)19-18-15/h2-11H,1H3,(H2,17,19,20,21). The van der Waals surface area contributed by atoms with Gasteiger partial charge in [-0.1, -0.05) is 67.2 Å². The van der Waals surface area contributed by atoms with Crippen molar-refractivity contribution >= 4 is 36.0 Å². The van der Waals surface area contributed by atoms with Crippen LogP contribution in [0.1, 0.15) is 0 Å². The molecule has 0 saturated heterocycles. The number of hydrogen-bond acceptors (Lipinski definition) is 3. The first-order chi connectivity index (χ1) is 10.6. The second kappa shape index (κ2) is 5.82. The molecule has 22 heavy (non-hydrogen) atoms. The number of aromatic nitrogens is 3. The number of hydrogen-bond donors (Lipinski definition) is 2. The van der Waals surface area contributed by atoms with E-state index in [9.17, 15) is 4.79 Å². The van der Waals surface area contributed by atoms with E-state index in [-0.39, 0.29) is 10.3 Å². The molecule has 2 N–H and O–H groups in total. The van der Waals surface area contributed by atoms with Crippen LogP contribution in [-0.2, 0) is 0 Å². The SMILES string of the molecule is C[Si](c1ccccc1)(c1ccccc1)c1n[nH]c(=S)[nH]c1=O. The lowest BCUT2D eigenvalue weighted by Gasteiger charge is -2.26. The average Bonchev–Trinajstić information content (AvgIpc) is 2.56. The topological polar surface area (TPSA) is 61.5 Å². The summed E-state index contributed by atoms with van der Waals surface area (Å²) in [5.74, 6) is 0. The van der Waals surface area contributed by atoms with Crippen molar-refractivity contribution in [3.63, 3.8) is 0 Å². The summed E-state index contributed by atoms with van der Waals surface area (Å²) in [6.45, 7) is 2.13. The maximum Gasteiger partial charge on any atom is 0.269 e. The van der Waals surface area contributed by atoms with Crippen molar-refractivity contribution in [2.45, 2.75) is 6.55 Å². The van der Waals surface area contributed by atoms with E-state index in [1.165, 1.54) is 0 Å². The molecule has 1 aromatic heterocycles. The fourth-order valence-electron chi connectivity index (χ4n) is 2.67. The third-order valence-electron chi connectivity index (χ3n) is 3.89. The van der Waals surface area contributed by atoms with Gasteiger partial charge in [0.1, 0.15) is 5.32 Å². The molecule has 2 aromatic carbocycles. The first kappa shape index (κ1) is 14.6. The van der Waals surface area contributed by atoms with Crippen molar-refractivity contribution in [2.24, 2.45) is 0 Å². The summed E-state index contributed by atoms with van der Waals surface area (Å²) in [4.78, 5) is 15.1. The predicted molar refractivity (Wildman–Crippen MR) is 93.4 cm³/mol. The van der Waals surface area contributed by atoms with Gasteiger partial charge in [0.2, 0.25) is 0 Å². The van der Waals surface area contributed by atoms with Gasteiger partial charge in [-0.2, -0.15) is 5.10 Å². The third kappa shape index (κ3) is 2.47. The Kier molecular flexibility index (Phi) is 3.87. The fourth-order valence-corrected chi connectivity index (χ4v) is 6.20. The predicted octanol–water partition coefficient (Wildman–Crippen LogP) is 0.927. The molecule has 3 rings (SSSR count). The van der Waals surface area contributed by atoms with E-state index < -0.39 is 8.07 Å². The maximum absolute atomic E-state index is 12.5. The molecular formula is C16H15N3OSSi. The van der Waals surface area contributed by atoms with Gasteiger partial charge in [-0.3, -0.25) is 14.9 Å². The first-order valence-electron chi connectivity index (χ1n) is 6.93. The zero-order valence-electron chi connectivity index (χ0n) is 12.0. The molecule has 0 aliphatic carbocycles. The smallest absolute Gasteiger partial charge is 0.269 e. The number of rotatable bonds is 3. The van der Waals surface area contributed by atoms with Crippen LogP contribution in [0.4, 0.5) is 0 Å². The van der Waals surface area contributed by atoms with Crippen LogP contribution >= 0.6 is 12.2 Å². The van der Waals surface area contributed by atoms with E-state index in [4.69, 9.17) is 12.2 Å². The summed E-state index contributed by atoms with van der Waals surface area (Å²) in [5, 5.41) is 9.81. The molecule has 3 aromatic rings. The molecule has 6 heteroatoms. The molecule has 0 fully saturated rings. The molecular weight excluding hydrogens is 310 g/mol. The van der Waals surface area contributed by atoms with Crippen LogP contribution in [-0.4, -0.2) is 23.3 Å². The van der Waals surface area contributed by atoms with E-state index in [0.717, 1.165) is 10.4 Å². The van der Waals surface area contributed by atoms with Crippen molar-refractivity contribution in [3.05, 3.63) is 75.8 Å². The van der Waals surface area contributed by atoms with Crippen molar-refractivity contribution in [1.82, 2.24) is 15.2 Å². The van der Waals surface area contributed by atoms with Crippen LogP contribution in [0.3, 0.4) is 0 Å². The Hall–Kier alpha value is -2.31. The molecule has 0 bridgehead atoms. The number of nitrogens with zero attached hydrogens (tertiary/aromatic N) is 1. The van der Waals surface area contributed by atoms with Crippen LogP contribution in [0.15, 0.2) is 65.5 Å². The number of H-pyrrole nitrogens is 2. The molecule has 0 saturated carbocycles. The molecule has 1 heterocycles. The van der Waals surface area contributed by atoms with Gasteiger partial charge in [-0.25, -0.2) is 0 Å². The molecule has 110 valence electrons. The largest absolute Gasteiger partial charge is 0.297 e. The van der Waals surface area contributed by atoms with Gasteiger partial charge in [0.25, 0.3) is 5.56 Å². The Morgan fingerprint density at radius 1 is 0.955 bits per heavy atom. The highest BCUT2D eigenvalue weighted by molar-refractivity contribution is 7.71. The van der Waals surface area contributed by atoms with Crippen LogP contribution in [0, 0.1) is 4.77 Å². The summed E-state index contributed by atoms with van der Waals surface area (Å²) in [6.07, 6.45) is 0. The Morgan fingerprint density at radius 3 is 1.91 bits per heavy atom. The van der Waals surface area contributed by atoms with Gasteiger partial charge in [-0.05, 0) is 22.6 Å². The highest BCUT2D eigenvalue weighted by atomic mass is 32.1. The maximum atomic E-state index is 12.5. The van der Waals surface area contributed by atoms with E-state index >= 15 is 0 Å². The Morgan fingerprint density at radius 2 is 1.45 bits per heavy atom. The lowest BCUT2D eigenvalue weighted by molar-refractivity contribution is 0.947. The second-order valence-corrected chi connectivity index (χ2v) is 9.50. The van der Waals surface area contributed by atoms with Crippen molar-refractivity contribution < 1.29 is 0 Å². The highest BCUT2D eigenvalue weighted by Crippen LogP contribution is 2.03. The molecule has 0 aliphatic rings. The van der Waals surface area contributed by atoms with Crippen molar-refractivity contribution in [3.8, 4) is 0 Å². The first-order valence-corrected chi connectivity index (χ1v) is 9.84. The fraction of sp³-hybridized carbons (Fsp3) is 0.0625. The molecule has 0 spiro atoms. The normalized spacial score (nSPS) is 11.3. The zero-order valence-corrected chi connectivity index (χ0v) is 13.9. The Bertz CT molecular complexity index is 851. The quantitative estimate of drug-likeness (QED) is 0.556. The summed E-state index contributed by atoms with van der Waals surface area (Å²) in [6, 6.07) is 20.1. The van der Waals surface area contributed by atoms with E-state index in [0.29, 0.717) is 5.32 Å². The monoisotopic (exact) mass is 325 g/mol. The van der Waals surface area contributed by atoms with Gasteiger partial charge < -0.3 is 0 Å². The molecule has 4 nitrogen and oxygen atoms in total. The van der Waals surface area contributed by atoms with E-state index in [1.54, 1.807) is 0 Å². The third-order valence-corrected chi connectivity index (χ3v) is 8.34. The van der Waals surface area contributed by atoms with Crippen molar-refractivity contribution in [2.75, 3.05) is 0 Å². The minimum atomic E-state index is -2.48. The van der Waals surface area contributed by atoms with Gasteiger partial charge >= 0.3 is 0 Å². The number of aromatic amines is 2. The number of nitrogens with one attached hydrogen (secondary N) is 2. The van der Waals surface area contributed by atoms with Crippen molar-refractivity contribution in [1.29, 1.82) is 0 Å². The molecule has 0 unspecified atom stereocenters. The van der Waals surface area contributed by atoms with Crippen LogP contribution in [0.2, 0.25) is 6.55 Å². The summed E-state index contributed by atoms with van der Waals surface area (Å²) >= 11 is 4.96. The summed E-state index contributed by atoms with van der Waals surface area (Å²) in [7, 11) is -2.48. The van der Waals surface area contributed by atoms with Gasteiger partial charge in [0.15, 0.2) is 12.8 Å². The molecule has 0 aliphatic heterocycles. The lowest BCUT2D eigenvalue weighted by Crippen LogP contribution is -2.70. The minimum absolute atomic E-state index is 0.217. The molecule has 0 atom stereocenters. The van der Waals surface area contributed by atoms with E-state index in [2.05, 4.69) is 46.0 Å². The minimum Gasteiger partial charge on any atom is -0.297 e. The van der Waals surface area contributed by atoms with Crippen LogP contribution in [0.5, 0.6) is 0 Å². The van der Waals surface area contributed by atoms with Crippen LogP contribution in [0.25, 0.3) is 0 Å². The summed E-state index contributed by atoms with van der Waals surface area (Å²) < 4.78 is 0.242. The Balaban J connectivity index is 2.33. The van der Waals surface area contributed by atoms with Gasteiger partial charge in [-0.15, -0.1) is 0 Å².